The lowest BCUT2D eigenvalue weighted by Crippen LogP contribution is -2.34. The zero-order valence-electron chi connectivity index (χ0n) is 9.69. The van der Waals surface area contributed by atoms with Gasteiger partial charge in [-0.25, -0.2) is 4.79 Å². The number of carbonyl (C=O) groups excluding carboxylic acids is 3. The molecule has 0 bridgehead atoms. The second kappa shape index (κ2) is 8.08. The van der Waals surface area contributed by atoms with E-state index in [4.69, 9.17) is 5.73 Å². The normalized spacial score (nSPS) is 10.6. The number of oxime groups is 1. The molecule has 0 heterocycles. The van der Waals surface area contributed by atoms with Crippen molar-refractivity contribution in [2.24, 2.45) is 10.9 Å². The number of nitrogens with two attached hydrogens (primary N) is 1. The number of likely N-dealkylation sites (N-methyl/N-ethyl adjacent to an activating group) is 1. The number of nitrogens with one attached hydrogen (secondary N) is 1. The topological polar surface area (TPSA) is 120 Å². The molecular formula is C9H15N3O5. The van der Waals surface area contributed by atoms with Gasteiger partial charge in [0.1, 0.15) is 0 Å². The Morgan fingerprint density at radius 3 is 2.35 bits per heavy atom. The van der Waals surface area contributed by atoms with Gasteiger partial charge >= 0.3 is 11.9 Å². The molecule has 96 valence electrons. The molecule has 17 heavy (non-hydrogen) atoms. The van der Waals surface area contributed by atoms with Crippen molar-refractivity contribution in [3.8, 4) is 0 Å². The summed E-state index contributed by atoms with van der Waals surface area (Å²) in [7, 11) is 1.35. The van der Waals surface area contributed by atoms with Crippen LogP contribution in [-0.4, -0.2) is 37.3 Å². The van der Waals surface area contributed by atoms with Crippen molar-refractivity contribution in [1.29, 1.82) is 0 Å². The fourth-order valence-electron chi connectivity index (χ4n) is 0.753. The highest BCUT2D eigenvalue weighted by Gasteiger charge is 2.10. The van der Waals surface area contributed by atoms with Gasteiger partial charge in [-0.1, -0.05) is 5.16 Å². The maximum Gasteiger partial charge on any atom is 0.335 e. The maximum absolute atomic E-state index is 11.0. The van der Waals surface area contributed by atoms with Crippen molar-refractivity contribution >= 4 is 23.7 Å². The molecule has 1 amide bonds. The summed E-state index contributed by atoms with van der Waals surface area (Å²) in [5.41, 5.74) is 5.15. The molecule has 3 N–H and O–H groups in total. The van der Waals surface area contributed by atoms with E-state index in [0.29, 0.717) is 0 Å². The summed E-state index contributed by atoms with van der Waals surface area (Å²) in [6.45, 7) is 1.90. The van der Waals surface area contributed by atoms with E-state index >= 15 is 0 Å². The van der Waals surface area contributed by atoms with Gasteiger partial charge in [-0.15, -0.1) is 0 Å². The Morgan fingerprint density at radius 2 is 1.82 bits per heavy atom. The Balaban J connectivity index is 3.95. The minimum atomic E-state index is -0.773. The molecule has 0 radical (unpaired) electrons. The molecule has 0 aromatic rings. The monoisotopic (exact) mass is 245 g/mol. The number of amides is 1. The Morgan fingerprint density at radius 1 is 1.24 bits per heavy atom. The van der Waals surface area contributed by atoms with Gasteiger partial charge in [-0.2, -0.15) is 0 Å². The third-order valence-electron chi connectivity index (χ3n) is 1.54. The van der Waals surface area contributed by atoms with E-state index in [9.17, 15) is 14.4 Å². The van der Waals surface area contributed by atoms with Crippen LogP contribution in [0.15, 0.2) is 5.16 Å². The zero-order chi connectivity index (χ0) is 13.3. The fraction of sp³-hybridized carbons (Fsp3) is 0.556. The molecule has 0 unspecified atom stereocenters. The van der Waals surface area contributed by atoms with Crippen LogP contribution >= 0.6 is 0 Å². The molecule has 0 aliphatic heterocycles. The molecule has 0 rings (SSSR count). The minimum absolute atomic E-state index is 0.109. The lowest BCUT2D eigenvalue weighted by Gasteiger charge is -2.00. The number of hydrogen-bond donors (Lipinski definition) is 2. The number of hydrogen-bond acceptors (Lipinski definition) is 6. The highest BCUT2D eigenvalue weighted by atomic mass is 16.7. The third-order valence-corrected chi connectivity index (χ3v) is 1.54. The fourth-order valence-corrected chi connectivity index (χ4v) is 0.753. The predicted octanol–water partition coefficient (Wildman–Crippen LogP) is -1.11. The van der Waals surface area contributed by atoms with Crippen molar-refractivity contribution in [2.45, 2.75) is 19.8 Å². The van der Waals surface area contributed by atoms with Gasteiger partial charge in [0, 0.05) is 7.05 Å². The first kappa shape index (κ1) is 14.9. The average Bonchev–Trinajstić information content (AvgIpc) is 2.32. The van der Waals surface area contributed by atoms with Crippen LogP contribution in [0.5, 0.6) is 0 Å². The quantitative estimate of drug-likeness (QED) is 0.208. The third kappa shape index (κ3) is 6.88. The predicted molar refractivity (Wildman–Crippen MR) is 57.6 cm³/mol. The maximum atomic E-state index is 11.0. The first-order chi connectivity index (χ1) is 8.01. The van der Waals surface area contributed by atoms with Crippen LogP contribution < -0.4 is 11.1 Å². The van der Waals surface area contributed by atoms with Crippen LogP contribution in [0, 0.1) is 0 Å². The van der Waals surface area contributed by atoms with E-state index in [-0.39, 0.29) is 19.4 Å². The molecule has 0 aliphatic carbocycles. The van der Waals surface area contributed by atoms with Gasteiger partial charge in [0.2, 0.25) is 5.84 Å². The van der Waals surface area contributed by atoms with Gasteiger partial charge < -0.3 is 20.6 Å². The minimum Gasteiger partial charge on any atom is -0.466 e. The van der Waals surface area contributed by atoms with Crippen LogP contribution in [0.3, 0.4) is 0 Å². The Hall–Kier alpha value is -2.12. The zero-order valence-corrected chi connectivity index (χ0v) is 9.69. The summed E-state index contributed by atoms with van der Waals surface area (Å²) in [5.74, 6) is -2.42. The lowest BCUT2D eigenvalue weighted by atomic mass is 10.3. The summed E-state index contributed by atoms with van der Waals surface area (Å²) in [4.78, 5) is 37.1. The Kier molecular flexibility index (Phi) is 7.07. The van der Waals surface area contributed by atoms with Crippen LogP contribution in [0.1, 0.15) is 19.8 Å². The first-order valence-corrected chi connectivity index (χ1v) is 4.92. The Labute approximate surface area is 98.1 Å². The molecule has 8 heteroatoms. The molecular weight excluding hydrogens is 230 g/mol. The van der Waals surface area contributed by atoms with Crippen molar-refractivity contribution in [2.75, 3.05) is 13.7 Å². The Bertz CT molecular complexity index is 327. The van der Waals surface area contributed by atoms with E-state index < -0.39 is 23.7 Å². The highest BCUT2D eigenvalue weighted by Crippen LogP contribution is 1.96. The van der Waals surface area contributed by atoms with Crippen LogP contribution in [0.2, 0.25) is 0 Å². The molecule has 0 fully saturated rings. The second-order valence-corrected chi connectivity index (χ2v) is 2.82. The van der Waals surface area contributed by atoms with Crippen molar-refractivity contribution in [1.82, 2.24) is 5.32 Å². The molecule has 0 spiro atoms. The largest absolute Gasteiger partial charge is 0.466 e. The second-order valence-electron chi connectivity index (χ2n) is 2.82. The number of esters is 1. The van der Waals surface area contributed by atoms with Gasteiger partial charge in [0.05, 0.1) is 19.4 Å². The molecule has 0 saturated heterocycles. The van der Waals surface area contributed by atoms with Crippen molar-refractivity contribution in [3.63, 3.8) is 0 Å². The molecule has 0 aromatic heterocycles. The van der Waals surface area contributed by atoms with E-state index in [2.05, 4.69) is 20.0 Å². The van der Waals surface area contributed by atoms with E-state index in [1.807, 2.05) is 0 Å². The number of amidine groups is 1. The SMILES string of the molecule is CCOC(=O)CCC(=O)O/N=C(\N)C(=O)NC. The summed E-state index contributed by atoms with van der Waals surface area (Å²) >= 11 is 0. The van der Waals surface area contributed by atoms with E-state index in [0.717, 1.165) is 0 Å². The summed E-state index contributed by atoms with van der Waals surface area (Å²) in [5, 5.41) is 5.29. The van der Waals surface area contributed by atoms with Gasteiger partial charge in [0.15, 0.2) is 0 Å². The van der Waals surface area contributed by atoms with Crippen LogP contribution in [-0.2, 0) is 24.0 Å². The van der Waals surface area contributed by atoms with Gasteiger partial charge in [0.25, 0.3) is 5.91 Å². The number of nitrogens with zero attached hydrogens (tertiary/aromatic N) is 1. The van der Waals surface area contributed by atoms with Crippen LogP contribution in [0.4, 0.5) is 0 Å². The van der Waals surface area contributed by atoms with Gasteiger partial charge in [-0.05, 0) is 6.92 Å². The smallest absolute Gasteiger partial charge is 0.335 e. The molecule has 8 nitrogen and oxygen atoms in total. The number of carbonyl (C=O) groups is 3. The molecule has 0 saturated carbocycles. The van der Waals surface area contributed by atoms with Crippen LogP contribution in [0.25, 0.3) is 0 Å². The number of ether oxygens (including phenoxy) is 1. The lowest BCUT2D eigenvalue weighted by molar-refractivity contribution is -0.150. The molecule has 0 atom stereocenters. The molecule has 0 aliphatic rings. The number of rotatable bonds is 5. The first-order valence-electron chi connectivity index (χ1n) is 4.92. The summed E-state index contributed by atoms with van der Waals surface area (Å²) < 4.78 is 4.60. The highest BCUT2D eigenvalue weighted by molar-refractivity contribution is 6.37. The van der Waals surface area contributed by atoms with Crippen molar-refractivity contribution in [3.05, 3.63) is 0 Å². The average molecular weight is 245 g/mol. The van der Waals surface area contributed by atoms with Crippen molar-refractivity contribution < 1.29 is 24.0 Å². The van der Waals surface area contributed by atoms with Gasteiger partial charge in [-0.3, -0.25) is 9.59 Å². The summed E-state index contributed by atoms with van der Waals surface area (Å²) in [6, 6.07) is 0. The summed E-state index contributed by atoms with van der Waals surface area (Å²) in [6.07, 6.45) is -0.300. The van der Waals surface area contributed by atoms with E-state index in [1.54, 1.807) is 6.92 Å². The molecule has 0 aromatic carbocycles. The van der Waals surface area contributed by atoms with E-state index in [1.165, 1.54) is 7.05 Å². The standard InChI is InChI=1S/C9H15N3O5/c1-3-16-6(13)4-5-7(14)17-12-8(10)9(15)11-2/h3-5H2,1-2H3,(H2,10,12)(H,11,15).